The second kappa shape index (κ2) is 8.24. The minimum absolute atomic E-state index is 0.00199. The van der Waals surface area contributed by atoms with E-state index in [-0.39, 0.29) is 50.0 Å². The number of hydrogen-bond acceptors (Lipinski definition) is 7. The first-order valence-electron chi connectivity index (χ1n) is 10.7. The lowest BCUT2D eigenvalue weighted by atomic mass is 10.0. The Labute approximate surface area is 191 Å². The molecule has 2 aromatic rings. The zero-order chi connectivity index (χ0) is 24.0. The Bertz CT molecular complexity index is 1200. The molecule has 1 unspecified atom stereocenters. The highest BCUT2D eigenvalue weighted by molar-refractivity contribution is 6.05. The van der Waals surface area contributed by atoms with E-state index in [0.717, 1.165) is 4.90 Å². The van der Waals surface area contributed by atoms with Crippen LogP contribution in [-0.4, -0.2) is 86.7 Å². The highest BCUT2D eigenvalue weighted by Gasteiger charge is 2.39. The molecule has 3 aliphatic heterocycles. The maximum Gasteiger partial charge on any atom is 0.288 e. The van der Waals surface area contributed by atoms with Crippen LogP contribution in [-0.2, 0) is 20.9 Å². The van der Waals surface area contributed by atoms with Crippen LogP contribution < -0.4 is 5.32 Å². The van der Waals surface area contributed by atoms with Crippen molar-refractivity contribution < 1.29 is 32.7 Å². The molecule has 11 nitrogen and oxygen atoms in total. The molecule has 3 aliphatic rings. The highest BCUT2D eigenvalue weighted by atomic mass is 19.3. The standard InChI is InChI=1S/C21H20F2N6O5/c22-21(23)10-27(5-6-34-11-21)20(33)15-9-29(26-25-15)13-1-2-14-12(7-13)8-28(19(14)32)16-3-4-17(30)24-18(16)31/h1-2,7,9,16H,3-6,8,10-11H2,(H,24,30,31). The number of nitrogens with zero attached hydrogens (tertiary/aromatic N) is 5. The van der Waals surface area contributed by atoms with Crippen molar-refractivity contribution in [2.75, 3.05) is 26.3 Å². The fraction of sp³-hybridized carbons (Fsp3) is 0.429. The van der Waals surface area contributed by atoms with E-state index in [1.165, 1.54) is 15.8 Å². The van der Waals surface area contributed by atoms with Crippen molar-refractivity contribution in [1.29, 1.82) is 0 Å². The Kier molecular flexibility index (Phi) is 5.35. The molecule has 0 spiro atoms. The van der Waals surface area contributed by atoms with Gasteiger partial charge >= 0.3 is 0 Å². The number of amides is 4. The average molecular weight is 474 g/mol. The first-order chi connectivity index (χ1) is 16.2. The molecule has 4 heterocycles. The molecule has 13 heteroatoms. The minimum atomic E-state index is -3.15. The molecule has 1 N–H and O–H groups in total. The number of ether oxygens (including phenoxy) is 1. The number of hydrogen-bond donors (Lipinski definition) is 1. The van der Waals surface area contributed by atoms with E-state index in [0.29, 0.717) is 16.8 Å². The number of nitrogens with one attached hydrogen (secondary N) is 1. The molecule has 34 heavy (non-hydrogen) atoms. The van der Waals surface area contributed by atoms with E-state index < -0.39 is 36.9 Å². The molecular formula is C21H20F2N6O5. The third-order valence-corrected chi connectivity index (χ3v) is 6.01. The number of aromatic nitrogens is 3. The van der Waals surface area contributed by atoms with Gasteiger partial charge in [0.25, 0.3) is 17.7 Å². The smallest absolute Gasteiger partial charge is 0.288 e. The van der Waals surface area contributed by atoms with Gasteiger partial charge in [0.1, 0.15) is 12.6 Å². The quantitative estimate of drug-likeness (QED) is 0.627. The fourth-order valence-electron chi connectivity index (χ4n) is 4.33. The lowest BCUT2D eigenvalue weighted by Crippen LogP contribution is -2.52. The summed E-state index contributed by atoms with van der Waals surface area (Å²) >= 11 is 0. The van der Waals surface area contributed by atoms with Crippen molar-refractivity contribution in [3.8, 4) is 5.69 Å². The maximum absolute atomic E-state index is 13.8. The van der Waals surface area contributed by atoms with Crippen molar-refractivity contribution in [1.82, 2.24) is 30.1 Å². The maximum atomic E-state index is 13.8. The Balaban J connectivity index is 1.34. The Morgan fingerprint density at radius 3 is 2.85 bits per heavy atom. The number of fused-ring (bicyclic) bond motifs is 1. The van der Waals surface area contributed by atoms with Crippen LogP contribution in [0.25, 0.3) is 5.69 Å². The molecule has 1 aromatic carbocycles. The largest absolute Gasteiger partial charge is 0.373 e. The van der Waals surface area contributed by atoms with Crippen molar-refractivity contribution in [3.05, 3.63) is 41.2 Å². The van der Waals surface area contributed by atoms with Gasteiger partial charge in [-0.05, 0) is 30.2 Å². The van der Waals surface area contributed by atoms with E-state index in [4.69, 9.17) is 4.74 Å². The molecule has 2 fully saturated rings. The van der Waals surface area contributed by atoms with Crippen LogP contribution in [0.1, 0.15) is 39.3 Å². The van der Waals surface area contributed by atoms with Crippen LogP contribution >= 0.6 is 0 Å². The molecule has 0 saturated carbocycles. The molecule has 0 aliphatic carbocycles. The predicted molar refractivity (Wildman–Crippen MR) is 109 cm³/mol. The van der Waals surface area contributed by atoms with Gasteiger partial charge < -0.3 is 14.5 Å². The molecule has 1 atom stereocenters. The van der Waals surface area contributed by atoms with E-state index in [1.54, 1.807) is 18.2 Å². The molecule has 178 valence electrons. The third-order valence-electron chi connectivity index (χ3n) is 6.01. The van der Waals surface area contributed by atoms with Gasteiger partial charge in [-0.25, -0.2) is 13.5 Å². The van der Waals surface area contributed by atoms with Crippen molar-refractivity contribution in [2.24, 2.45) is 0 Å². The van der Waals surface area contributed by atoms with E-state index in [9.17, 15) is 28.0 Å². The number of piperidine rings is 1. The third kappa shape index (κ3) is 4.02. The summed E-state index contributed by atoms with van der Waals surface area (Å²) in [5.41, 5.74) is 1.49. The zero-order valence-corrected chi connectivity index (χ0v) is 17.9. The first kappa shape index (κ1) is 22.1. The Morgan fingerprint density at radius 1 is 1.24 bits per heavy atom. The zero-order valence-electron chi connectivity index (χ0n) is 17.9. The summed E-state index contributed by atoms with van der Waals surface area (Å²) in [4.78, 5) is 51.5. The molecular weight excluding hydrogens is 454 g/mol. The van der Waals surface area contributed by atoms with Crippen LogP contribution in [0.2, 0.25) is 0 Å². The van der Waals surface area contributed by atoms with Crippen LogP contribution in [0.15, 0.2) is 24.4 Å². The van der Waals surface area contributed by atoms with Gasteiger partial charge in [0.05, 0.1) is 25.0 Å². The van der Waals surface area contributed by atoms with Gasteiger partial charge in [0.2, 0.25) is 11.8 Å². The first-order valence-corrected chi connectivity index (χ1v) is 10.7. The van der Waals surface area contributed by atoms with Crippen molar-refractivity contribution in [3.63, 3.8) is 0 Å². The topological polar surface area (TPSA) is 127 Å². The van der Waals surface area contributed by atoms with E-state index in [1.807, 2.05) is 0 Å². The van der Waals surface area contributed by atoms with Gasteiger partial charge in [-0.3, -0.25) is 24.5 Å². The summed E-state index contributed by atoms with van der Waals surface area (Å²) in [5.74, 6) is -5.00. The monoisotopic (exact) mass is 474 g/mol. The normalized spacial score (nSPS) is 22.4. The van der Waals surface area contributed by atoms with Crippen molar-refractivity contribution >= 4 is 23.6 Å². The van der Waals surface area contributed by atoms with Gasteiger partial charge in [0, 0.05) is 25.1 Å². The number of carbonyl (C=O) groups excluding carboxylic acids is 4. The number of halogens is 2. The van der Waals surface area contributed by atoms with E-state index in [2.05, 4.69) is 15.6 Å². The Morgan fingerprint density at radius 2 is 2.06 bits per heavy atom. The van der Waals surface area contributed by atoms with Crippen LogP contribution in [0.4, 0.5) is 8.78 Å². The van der Waals surface area contributed by atoms with Crippen LogP contribution in [0.3, 0.4) is 0 Å². The molecule has 2 saturated heterocycles. The molecule has 0 bridgehead atoms. The summed E-state index contributed by atoms with van der Waals surface area (Å²) < 4.78 is 33.8. The summed E-state index contributed by atoms with van der Waals surface area (Å²) in [5, 5.41) is 10.0. The predicted octanol–water partition coefficient (Wildman–Crippen LogP) is 0.136. The molecule has 4 amide bonds. The van der Waals surface area contributed by atoms with Gasteiger partial charge in [0.15, 0.2) is 5.69 Å². The number of rotatable bonds is 3. The van der Waals surface area contributed by atoms with Crippen LogP contribution in [0, 0.1) is 0 Å². The van der Waals surface area contributed by atoms with Gasteiger partial charge in [-0.15, -0.1) is 5.10 Å². The van der Waals surface area contributed by atoms with Gasteiger partial charge in [-0.1, -0.05) is 5.21 Å². The number of imide groups is 1. The second-order valence-corrected chi connectivity index (χ2v) is 8.43. The summed E-state index contributed by atoms with van der Waals surface area (Å²) in [6, 6.07) is 4.17. The van der Waals surface area contributed by atoms with E-state index >= 15 is 0 Å². The highest BCUT2D eigenvalue weighted by Crippen LogP contribution is 2.29. The molecule has 5 rings (SSSR count). The van der Waals surface area contributed by atoms with Crippen molar-refractivity contribution in [2.45, 2.75) is 31.4 Å². The lowest BCUT2D eigenvalue weighted by Gasteiger charge is -2.29. The molecule has 0 radical (unpaired) electrons. The molecule has 1 aromatic heterocycles. The minimum Gasteiger partial charge on any atom is -0.373 e. The SMILES string of the molecule is O=C1CCC(N2Cc3cc(-n4cc(C(=O)N5CCOCC(F)(F)C5)nn4)ccc3C2=O)C(=O)N1. The summed E-state index contributed by atoms with van der Waals surface area (Å²) in [7, 11) is 0. The number of carbonyl (C=O) groups is 4. The second-order valence-electron chi connectivity index (χ2n) is 8.43. The lowest BCUT2D eigenvalue weighted by molar-refractivity contribution is -0.136. The number of benzene rings is 1. The summed E-state index contributed by atoms with van der Waals surface area (Å²) in [6.07, 6.45) is 1.75. The number of alkyl halides is 2. The Hall–Kier alpha value is -3.74. The summed E-state index contributed by atoms with van der Waals surface area (Å²) in [6.45, 7) is -1.32. The average Bonchev–Trinajstić information content (AvgIpc) is 3.35. The fourth-order valence-corrected chi connectivity index (χ4v) is 4.33. The van der Waals surface area contributed by atoms with Gasteiger partial charge in [-0.2, -0.15) is 0 Å². The van der Waals surface area contributed by atoms with Crippen LogP contribution in [0.5, 0.6) is 0 Å².